The summed E-state index contributed by atoms with van der Waals surface area (Å²) in [5.41, 5.74) is 1.07. The molecule has 0 radical (unpaired) electrons. The van der Waals surface area contributed by atoms with Crippen molar-refractivity contribution in [2.75, 3.05) is 61.2 Å². The fourth-order valence-corrected chi connectivity index (χ4v) is 3.37. The van der Waals surface area contributed by atoms with E-state index in [1.165, 1.54) is 0 Å². The highest BCUT2D eigenvalue weighted by molar-refractivity contribution is 5.44. The van der Waals surface area contributed by atoms with Gasteiger partial charge >= 0.3 is 0 Å². The number of benzene rings is 1. The highest BCUT2D eigenvalue weighted by Crippen LogP contribution is 2.34. The summed E-state index contributed by atoms with van der Waals surface area (Å²) in [6.07, 6.45) is 0. The third kappa shape index (κ3) is 4.37. The monoisotopic (exact) mass is 376 g/mol. The van der Waals surface area contributed by atoms with Crippen LogP contribution in [0.1, 0.15) is 17.4 Å². The number of hydrogen-bond donors (Lipinski definition) is 0. The maximum Gasteiger partial charge on any atom is 0.173 e. The van der Waals surface area contributed by atoms with Crippen molar-refractivity contribution in [3.05, 3.63) is 29.6 Å². The van der Waals surface area contributed by atoms with E-state index >= 15 is 0 Å². The summed E-state index contributed by atoms with van der Waals surface area (Å²) in [6, 6.07) is 5.93. The van der Waals surface area contributed by atoms with E-state index in [2.05, 4.69) is 38.4 Å². The molecule has 27 heavy (non-hydrogen) atoms. The van der Waals surface area contributed by atoms with Crippen molar-refractivity contribution >= 4 is 0 Å². The van der Waals surface area contributed by atoms with Crippen LogP contribution in [-0.2, 0) is 11.3 Å². The van der Waals surface area contributed by atoms with Crippen LogP contribution in [0.3, 0.4) is 0 Å². The number of rotatable bonds is 8. The zero-order chi connectivity index (χ0) is 19.2. The molecule has 3 rings (SSSR count). The second kappa shape index (κ2) is 9.12. The summed E-state index contributed by atoms with van der Waals surface area (Å²) in [6.45, 7) is 5.04. The number of aromatic nitrogens is 4. The van der Waals surface area contributed by atoms with E-state index in [0.717, 1.165) is 37.6 Å². The summed E-state index contributed by atoms with van der Waals surface area (Å²) in [4.78, 5) is 4.74. The van der Waals surface area contributed by atoms with Crippen molar-refractivity contribution in [1.29, 1.82) is 0 Å². The van der Waals surface area contributed by atoms with Crippen LogP contribution in [0, 0.1) is 0 Å². The molecular weight excluding hydrogens is 348 g/mol. The third-order valence-corrected chi connectivity index (χ3v) is 4.94. The number of tetrazole rings is 1. The van der Waals surface area contributed by atoms with Gasteiger partial charge < -0.3 is 19.1 Å². The molecule has 0 saturated carbocycles. The lowest BCUT2D eigenvalue weighted by Crippen LogP contribution is -2.46. The normalized spacial score (nSPS) is 17.0. The molecule has 9 heteroatoms. The van der Waals surface area contributed by atoms with Crippen molar-refractivity contribution in [2.24, 2.45) is 0 Å². The number of hydrogen-bond acceptors (Lipinski definition) is 8. The maximum atomic E-state index is 5.51. The molecule has 1 aliphatic rings. The molecule has 2 aromatic rings. The van der Waals surface area contributed by atoms with Gasteiger partial charge in [0.2, 0.25) is 0 Å². The Kier molecular flexibility index (Phi) is 6.59. The molecule has 0 spiro atoms. The van der Waals surface area contributed by atoms with Crippen LogP contribution in [0.4, 0.5) is 0 Å². The molecule has 148 valence electrons. The van der Waals surface area contributed by atoms with Gasteiger partial charge in [0.15, 0.2) is 17.3 Å². The third-order valence-electron chi connectivity index (χ3n) is 4.94. The SMILES string of the molecule is COCCn1nnnc1[C@H](c1ccc(OC)c(OC)c1)N1CCN(C)CC1. The second-order valence-electron chi connectivity index (χ2n) is 6.61. The zero-order valence-electron chi connectivity index (χ0n) is 16.5. The molecule has 0 bridgehead atoms. The molecule has 1 aromatic heterocycles. The number of nitrogens with zero attached hydrogens (tertiary/aromatic N) is 6. The van der Waals surface area contributed by atoms with Crippen LogP contribution in [0.25, 0.3) is 0 Å². The number of methoxy groups -OCH3 is 3. The molecule has 0 unspecified atom stereocenters. The van der Waals surface area contributed by atoms with Crippen LogP contribution in [0.15, 0.2) is 18.2 Å². The first kappa shape index (κ1) is 19.5. The Bertz CT molecular complexity index is 730. The van der Waals surface area contributed by atoms with E-state index in [9.17, 15) is 0 Å². The minimum absolute atomic E-state index is 0.0645. The molecule has 1 aromatic carbocycles. The van der Waals surface area contributed by atoms with Gasteiger partial charge in [-0.15, -0.1) is 5.10 Å². The first-order chi connectivity index (χ1) is 13.2. The van der Waals surface area contributed by atoms with Crippen molar-refractivity contribution in [3.8, 4) is 11.5 Å². The summed E-state index contributed by atoms with van der Waals surface area (Å²) in [5, 5.41) is 12.4. The molecule has 1 aliphatic heterocycles. The van der Waals surface area contributed by atoms with Crippen LogP contribution >= 0.6 is 0 Å². The first-order valence-corrected chi connectivity index (χ1v) is 9.07. The van der Waals surface area contributed by atoms with Crippen molar-refractivity contribution in [1.82, 2.24) is 30.0 Å². The Morgan fingerprint density at radius 1 is 1.04 bits per heavy atom. The van der Waals surface area contributed by atoms with Gasteiger partial charge in [0, 0.05) is 33.3 Å². The topological polar surface area (TPSA) is 77.8 Å². The van der Waals surface area contributed by atoms with Gasteiger partial charge in [-0.1, -0.05) is 6.07 Å². The largest absolute Gasteiger partial charge is 0.493 e. The number of likely N-dealkylation sites (N-methyl/N-ethyl adjacent to an activating group) is 1. The van der Waals surface area contributed by atoms with Gasteiger partial charge in [-0.3, -0.25) is 4.90 Å². The molecule has 1 saturated heterocycles. The predicted octanol–water partition coefficient (Wildman–Crippen LogP) is 0.674. The standard InChI is InChI=1S/C18H28N6O3/c1-22-7-9-23(10-8-22)17(18-19-20-21-24(18)11-12-25-2)14-5-6-15(26-3)16(13-14)27-4/h5-6,13,17H,7-12H2,1-4H3/t17-/m0/s1. The van der Waals surface area contributed by atoms with Gasteiger partial charge in [0.05, 0.1) is 33.4 Å². The molecule has 9 nitrogen and oxygen atoms in total. The summed E-state index contributed by atoms with van der Waals surface area (Å²) in [7, 11) is 7.11. The maximum absolute atomic E-state index is 5.51. The van der Waals surface area contributed by atoms with Crippen LogP contribution in [0.5, 0.6) is 11.5 Å². The average molecular weight is 376 g/mol. The van der Waals surface area contributed by atoms with Gasteiger partial charge in [-0.25, -0.2) is 4.68 Å². The van der Waals surface area contributed by atoms with Crippen molar-refractivity contribution in [2.45, 2.75) is 12.6 Å². The van der Waals surface area contributed by atoms with E-state index in [-0.39, 0.29) is 6.04 Å². The molecular formula is C18H28N6O3. The van der Waals surface area contributed by atoms with Gasteiger partial charge in [-0.05, 0) is 35.2 Å². The molecule has 0 amide bonds. The van der Waals surface area contributed by atoms with Crippen LogP contribution < -0.4 is 9.47 Å². The minimum atomic E-state index is -0.0645. The van der Waals surface area contributed by atoms with Gasteiger partial charge in [0.1, 0.15) is 0 Å². The molecule has 1 fully saturated rings. The Balaban J connectivity index is 1.99. The fraction of sp³-hybridized carbons (Fsp3) is 0.611. The lowest BCUT2D eigenvalue weighted by atomic mass is 10.0. The van der Waals surface area contributed by atoms with Gasteiger partial charge in [-0.2, -0.15) is 0 Å². The van der Waals surface area contributed by atoms with E-state index < -0.39 is 0 Å². The quantitative estimate of drug-likeness (QED) is 0.665. The Labute approximate surface area is 159 Å². The van der Waals surface area contributed by atoms with Crippen molar-refractivity contribution < 1.29 is 14.2 Å². The van der Waals surface area contributed by atoms with Crippen LogP contribution in [-0.4, -0.2) is 91.2 Å². The lowest BCUT2D eigenvalue weighted by molar-refractivity contribution is 0.119. The number of piperazine rings is 1. The summed E-state index contributed by atoms with van der Waals surface area (Å²) in [5.74, 6) is 2.21. The highest BCUT2D eigenvalue weighted by atomic mass is 16.5. The average Bonchev–Trinajstić information content (AvgIpc) is 3.16. The predicted molar refractivity (Wildman–Crippen MR) is 100 cm³/mol. The first-order valence-electron chi connectivity index (χ1n) is 9.07. The Morgan fingerprint density at radius 3 is 2.44 bits per heavy atom. The smallest absolute Gasteiger partial charge is 0.173 e. The Morgan fingerprint density at radius 2 is 1.78 bits per heavy atom. The molecule has 1 atom stereocenters. The van der Waals surface area contributed by atoms with Gasteiger partial charge in [0.25, 0.3) is 0 Å². The highest BCUT2D eigenvalue weighted by Gasteiger charge is 2.30. The molecule has 0 aliphatic carbocycles. The van der Waals surface area contributed by atoms with E-state index in [4.69, 9.17) is 14.2 Å². The molecule has 2 heterocycles. The lowest BCUT2D eigenvalue weighted by Gasteiger charge is -2.37. The number of ether oxygens (including phenoxy) is 3. The summed E-state index contributed by atoms with van der Waals surface area (Å²) < 4.78 is 17.9. The minimum Gasteiger partial charge on any atom is -0.493 e. The molecule has 0 N–H and O–H groups in total. The Hall–Kier alpha value is -2.23. The van der Waals surface area contributed by atoms with E-state index in [0.29, 0.717) is 24.7 Å². The summed E-state index contributed by atoms with van der Waals surface area (Å²) >= 11 is 0. The van der Waals surface area contributed by atoms with E-state index in [1.807, 2.05) is 16.8 Å². The second-order valence-corrected chi connectivity index (χ2v) is 6.61. The van der Waals surface area contributed by atoms with Crippen molar-refractivity contribution in [3.63, 3.8) is 0 Å². The fourth-order valence-electron chi connectivity index (χ4n) is 3.37. The van der Waals surface area contributed by atoms with E-state index in [1.54, 1.807) is 21.3 Å². The zero-order valence-corrected chi connectivity index (χ0v) is 16.5. The van der Waals surface area contributed by atoms with Crippen LogP contribution in [0.2, 0.25) is 0 Å².